The lowest BCUT2D eigenvalue weighted by molar-refractivity contribution is 0.0733. The summed E-state index contributed by atoms with van der Waals surface area (Å²) in [5.41, 5.74) is 1.92. The number of rotatable bonds is 5. The predicted molar refractivity (Wildman–Crippen MR) is 128 cm³/mol. The van der Waals surface area contributed by atoms with Gasteiger partial charge in [-0.05, 0) is 58.1 Å². The highest BCUT2D eigenvalue weighted by atomic mass is 19.1. The van der Waals surface area contributed by atoms with Crippen molar-refractivity contribution in [2.45, 2.75) is 64.6 Å². The van der Waals surface area contributed by atoms with Crippen molar-refractivity contribution < 1.29 is 18.4 Å². The molecule has 0 amide bonds. The number of fused-ring (bicyclic) bond motifs is 1. The Balaban J connectivity index is 1.52. The van der Waals surface area contributed by atoms with E-state index in [9.17, 15) is 0 Å². The van der Waals surface area contributed by atoms with Crippen LogP contribution in [0.2, 0.25) is 0 Å². The number of anilines is 1. The second kappa shape index (κ2) is 9.46. The van der Waals surface area contributed by atoms with E-state index in [1.165, 1.54) is 13.2 Å². The van der Waals surface area contributed by atoms with Crippen molar-refractivity contribution in [3.63, 3.8) is 0 Å². The van der Waals surface area contributed by atoms with Crippen molar-refractivity contribution in [1.82, 2.24) is 20.4 Å². The smallest absolute Gasteiger partial charge is 0.261 e. The van der Waals surface area contributed by atoms with Gasteiger partial charge in [0, 0.05) is 49.3 Å². The summed E-state index contributed by atoms with van der Waals surface area (Å²) in [4.78, 5) is 11.6. The zero-order valence-corrected chi connectivity index (χ0v) is 20.2. The molecular weight excluding hydrogens is 437 g/mol. The summed E-state index contributed by atoms with van der Waals surface area (Å²) in [5, 5.41) is 8.50. The van der Waals surface area contributed by atoms with Gasteiger partial charge in [0.25, 0.3) is 5.89 Å². The van der Waals surface area contributed by atoms with Crippen LogP contribution in [0.3, 0.4) is 0 Å². The van der Waals surface area contributed by atoms with Crippen molar-refractivity contribution in [1.29, 1.82) is 0 Å². The van der Waals surface area contributed by atoms with Crippen molar-refractivity contribution >= 4 is 16.7 Å². The zero-order chi connectivity index (χ0) is 23.8. The average molecular weight is 470 g/mol. The molecule has 1 aromatic carbocycles. The molecule has 2 aromatic heterocycles. The molecule has 1 N–H and O–H groups in total. The van der Waals surface area contributed by atoms with Crippen LogP contribution in [0, 0.1) is 19.7 Å². The van der Waals surface area contributed by atoms with Gasteiger partial charge < -0.3 is 24.2 Å². The summed E-state index contributed by atoms with van der Waals surface area (Å²) in [6, 6.07) is 4.35. The van der Waals surface area contributed by atoms with Crippen molar-refractivity contribution in [3.8, 4) is 17.2 Å². The number of piperidine rings is 1. The second-order valence-electron chi connectivity index (χ2n) is 9.40. The summed E-state index contributed by atoms with van der Waals surface area (Å²) in [6.07, 6.45) is 4.07. The number of pyridine rings is 1. The molecule has 0 saturated carbocycles. The quantitative estimate of drug-likeness (QED) is 0.596. The molecule has 0 spiro atoms. The number of benzene rings is 1. The van der Waals surface area contributed by atoms with Gasteiger partial charge in [-0.3, -0.25) is 0 Å². The van der Waals surface area contributed by atoms with Crippen LogP contribution in [0.5, 0.6) is 5.75 Å². The maximum absolute atomic E-state index is 15.1. The van der Waals surface area contributed by atoms with E-state index in [1.54, 1.807) is 6.92 Å². The Bertz CT molecular complexity index is 1180. The Kier molecular flexibility index (Phi) is 6.40. The van der Waals surface area contributed by atoms with Crippen molar-refractivity contribution in [2.75, 3.05) is 31.8 Å². The van der Waals surface area contributed by atoms with E-state index >= 15 is 4.39 Å². The zero-order valence-electron chi connectivity index (χ0n) is 20.2. The van der Waals surface area contributed by atoms with E-state index in [2.05, 4.69) is 27.3 Å². The molecule has 3 aromatic rings. The van der Waals surface area contributed by atoms with Crippen LogP contribution in [0.15, 0.2) is 16.7 Å². The first kappa shape index (κ1) is 23.0. The van der Waals surface area contributed by atoms with Gasteiger partial charge in [0.1, 0.15) is 17.1 Å². The Labute approximate surface area is 198 Å². The number of nitrogens with one attached hydrogen (secondary N) is 1. The Morgan fingerprint density at radius 1 is 1.12 bits per heavy atom. The maximum Gasteiger partial charge on any atom is 0.261 e. The first-order valence-electron chi connectivity index (χ1n) is 12.0. The molecule has 0 unspecified atom stereocenters. The van der Waals surface area contributed by atoms with Gasteiger partial charge in [0.05, 0.1) is 12.7 Å². The number of hydrogen-bond acceptors (Lipinski definition) is 8. The number of hydrogen-bond donors (Lipinski definition) is 1. The summed E-state index contributed by atoms with van der Waals surface area (Å²) < 4.78 is 31.5. The lowest BCUT2D eigenvalue weighted by Crippen LogP contribution is -2.51. The molecule has 4 heterocycles. The third-order valence-corrected chi connectivity index (χ3v) is 7.08. The molecule has 34 heavy (non-hydrogen) atoms. The van der Waals surface area contributed by atoms with Crippen LogP contribution in [-0.2, 0) is 4.74 Å². The molecule has 9 heteroatoms. The summed E-state index contributed by atoms with van der Waals surface area (Å²) in [6.45, 7) is 8.40. The largest absolute Gasteiger partial charge is 0.497 e. The molecule has 0 aliphatic carbocycles. The third-order valence-electron chi connectivity index (χ3n) is 7.08. The van der Waals surface area contributed by atoms with E-state index in [-0.39, 0.29) is 6.04 Å². The molecule has 182 valence electrons. The molecule has 0 radical (unpaired) electrons. The topological polar surface area (TPSA) is 85.5 Å². The molecule has 2 atom stereocenters. The molecular formula is C25H32FN5O3. The van der Waals surface area contributed by atoms with Gasteiger partial charge in [-0.25, -0.2) is 9.37 Å². The highest BCUT2D eigenvalue weighted by molar-refractivity contribution is 5.93. The Morgan fingerprint density at radius 3 is 2.59 bits per heavy atom. The summed E-state index contributed by atoms with van der Waals surface area (Å²) in [5.74, 6) is 1.68. The van der Waals surface area contributed by atoms with Gasteiger partial charge in [0.2, 0.25) is 0 Å². The number of aryl methyl sites for hydroxylation is 2. The molecule has 8 nitrogen and oxygen atoms in total. The van der Waals surface area contributed by atoms with E-state index in [4.69, 9.17) is 19.0 Å². The predicted octanol–water partition coefficient (Wildman–Crippen LogP) is 4.18. The molecule has 2 aliphatic heterocycles. The number of ether oxygens (including phenoxy) is 2. The standard InChI is InChI=1S/C25H32FN5O3/c1-14-11-18(28-17-6-9-33-10-7-17)5-8-31(14)24-22(25-27-16(3)30-34-25)15(2)20-12-19(32-4)13-21(26)23(20)29-24/h12-14,17-18,28H,5-11H2,1-4H3/t14-,18-/m1/s1. The molecule has 0 bridgehead atoms. The summed E-state index contributed by atoms with van der Waals surface area (Å²) in [7, 11) is 1.53. The fourth-order valence-corrected chi connectivity index (χ4v) is 5.25. The minimum Gasteiger partial charge on any atom is -0.497 e. The maximum atomic E-state index is 15.1. The van der Waals surface area contributed by atoms with E-state index in [1.807, 2.05) is 13.0 Å². The van der Waals surface area contributed by atoms with E-state index in [0.29, 0.717) is 46.3 Å². The Hall–Kier alpha value is -2.78. The number of aromatic nitrogens is 3. The minimum atomic E-state index is -0.407. The van der Waals surface area contributed by atoms with E-state index in [0.717, 1.165) is 56.6 Å². The normalized spacial score (nSPS) is 21.9. The molecule has 2 aliphatic rings. The minimum absolute atomic E-state index is 0.208. The first-order valence-corrected chi connectivity index (χ1v) is 12.0. The monoisotopic (exact) mass is 469 g/mol. The van der Waals surface area contributed by atoms with Crippen LogP contribution in [0.1, 0.15) is 44.0 Å². The van der Waals surface area contributed by atoms with Gasteiger partial charge in [-0.2, -0.15) is 4.98 Å². The SMILES string of the molecule is COc1cc(F)c2nc(N3CC[C@@H](NC4CCOCC4)C[C@H]3C)c(-c3nc(C)no3)c(C)c2c1. The number of nitrogens with zero attached hydrogens (tertiary/aromatic N) is 4. The third kappa shape index (κ3) is 4.34. The second-order valence-corrected chi connectivity index (χ2v) is 9.40. The van der Waals surface area contributed by atoms with Crippen molar-refractivity contribution in [2.24, 2.45) is 0 Å². The van der Waals surface area contributed by atoms with Crippen LogP contribution in [0.4, 0.5) is 10.2 Å². The van der Waals surface area contributed by atoms with Crippen LogP contribution in [-0.4, -0.2) is 60.1 Å². The highest BCUT2D eigenvalue weighted by Gasteiger charge is 2.32. The average Bonchev–Trinajstić information content (AvgIpc) is 3.26. The molecule has 5 rings (SSSR count). The molecule has 2 saturated heterocycles. The lowest BCUT2D eigenvalue weighted by Gasteiger charge is -2.41. The summed E-state index contributed by atoms with van der Waals surface area (Å²) >= 11 is 0. The van der Waals surface area contributed by atoms with Gasteiger partial charge >= 0.3 is 0 Å². The van der Waals surface area contributed by atoms with Crippen molar-refractivity contribution in [3.05, 3.63) is 29.3 Å². The van der Waals surface area contributed by atoms with Crippen LogP contribution in [0.25, 0.3) is 22.4 Å². The van der Waals surface area contributed by atoms with Crippen LogP contribution < -0.4 is 15.0 Å². The van der Waals surface area contributed by atoms with Gasteiger partial charge in [-0.15, -0.1) is 0 Å². The first-order chi connectivity index (χ1) is 16.4. The van der Waals surface area contributed by atoms with Gasteiger partial charge in [0.15, 0.2) is 11.6 Å². The highest BCUT2D eigenvalue weighted by Crippen LogP contribution is 2.40. The van der Waals surface area contributed by atoms with Gasteiger partial charge in [-0.1, -0.05) is 5.16 Å². The Morgan fingerprint density at radius 2 is 1.91 bits per heavy atom. The fraction of sp³-hybridized carbons (Fsp3) is 0.560. The lowest BCUT2D eigenvalue weighted by atomic mass is 9.94. The number of methoxy groups -OCH3 is 1. The van der Waals surface area contributed by atoms with E-state index < -0.39 is 5.82 Å². The molecule has 2 fully saturated rings. The number of halogens is 1. The fourth-order valence-electron chi connectivity index (χ4n) is 5.25. The van der Waals surface area contributed by atoms with Crippen LogP contribution >= 0.6 is 0 Å².